The van der Waals surface area contributed by atoms with Crippen molar-refractivity contribution in [2.24, 2.45) is 10.3 Å². The molecule has 0 amide bonds. The Morgan fingerprint density at radius 1 is 0.682 bits per heavy atom. The molecule has 0 spiro atoms. The van der Waals surface area contributed by atoms with Gasteiger partial charge in [0.05, 0.1) is 0 Å². The van der Waals surface area contributed by atoms with Crippen molar-refractivity contribution in [2.75, 3.05) is 0 Å². The van der Waals surface area contributed by atoms with Gasteiger partial charge in [0.1, 0.15) is 11.4 Å². The molecule has 0 radical (unpaired) electrons. The van der Waals surface area contributed by atoms with Crippen LogP contribution < -0.4 is 0 Å². The summed E-state index contributed by atoms with van der Waals surface area (Å²) in [6.45, 7) is 0. The Balaban J connectivity index is 2.08. The lowest BCUT2D eigenvalue weighted by Gasteiger charge is -2.07. The fraction of sp³-hybridized carbons (Fsp3) is 0. The maximum Gasteiger partial charge on any atom is 0.406 e. The highest BCUT2D eigenvalue weighted by atomic mass is 35.5. The topological polar surface area (TPSA) is 43.2 Å². The van der Waals surface area contributed by atoms with Crippen LogP contribution in [0.5, 0.6) is 0 Å². The molecule has 0 aliphatic carbocycles. The van der Waals surface area contributed by atoms with Gasteiger partial charge in [0.15, 0.2) is 0 Å². The Kier molecular flexibility index (Phi) is 4.38. The molecule has 0 saturated heterocycles. The largest absolute Gasteiger partial charge is 0.406 e. The minimum absolute atomic E-state index is 0.171. The molecule has 1 aliphatic heterocycles. The van der Waals surface area contributed by atoms with Gasteiger partial charge in [-0.2, -0.15) is 0 Å². The SMILES string of the molecule is S=C1ON=C(c2ccc(Cl)cc2)C(c2ccc(Cl)cc2)=NO1. The molecule has 1 heterocycles. The van der Waals surface area contributed by atoms with Gasteiger partial charge < -0.3 is 9.68 Å². The molecule has 0 N–H and O–H groups in total. The first-order chi connectivity index (χ1) is 10.6. The second-order valence-corrected chi connectivity index (χ2v) is 5.53. The molecule has 1 aliphatic rings. The summed E-state index contributed by atoms with van der Waals surface area (Å²) >= 11 is 16.7. The molecule has 110 valence electrons. The summed E-state index contributed by atoms with van der Waals surface area (Å²) < 4.78 is 0. The van der Waals surface area contributed by atoms with Gasteiger partial charge in [-0.1, -0.05) is 57.8 Å². The zero-order chi connectivity index (χ0) is 15.5. The van der Waals surface area contributed by atoms with Crippen molar-refractivity contribution < 1.29 is 9.68 Å². The Hall–Kier alpha value is -1.95. The number of thiocarbonyl (C=S) groups is 1. The second kappa shape index (κ2) is 6.44. The zero-order valence-corrected chi connectivity index (χ0v) is 13.3. The molecule has 0 unspecified atom stereocenters. The number of hydrogen-bond acceptors (Lipinski definition) is 5. The first-order valence-electron chi connectivity index (χ1n) is 6.20. The van der Waals surface area contributed by atoms with Gasteiger partial charge in [-0.15, -0.1) is 0 Å². The average Bonchev–Trinajstić information content (AvgIpc) is 2.71. The number of oxime groups is 2. The minimum atomic E-state index is -0.171. The van der Waals surface area contributed by atoms with Crippen LogP contribution >= 0.6 is 35.4 Å². The van der Waals surface area contributed by atoms with Crippen LogP contribution in [0.25, 0.3) is 0 Å². The van der Waals surface area contributed by atoms with E-state index in [1.807, 2.05) is 24.3 Å². The van der Waals surface area contributed by atoms with Gasteiger partial charge in [-0.25, -0.2) is 0 Å². The molecule has 0 bridgehead atoms. The molecule has 0 aromatic heterocycles. The van der Waals surface area contributed by atoms with E-state index in [4.69, 9.17) is 45.1 Å². The highest BCUT2D eigenvalue weighted by Gasteiger charge is 2.20. The van der Waals surface area contributed by atoms with Crippen molar-refractivity contribution in [3.05, 3.63) is 69.7 Å². The number of hydrogen-bond donors (Lipinski definition) is 0. The molecular weight excluding hydrogens is 343 g/mol. The Labute approximate surface area is 141 Å². The van der Waals surface area contributed by atoms with E-state index in [-0.39, 0.29) is 5.24 Å². The Morgan fingerprint density at radius 3 is 1.41 bits per heavy atom. The molecule has 0 saturated carbocycles. The van der Waals surface area contributed by atoms with Crippen LogP contribution in [0.15, 0.2) is 58.8 Å². The lowest BCUT2D eigenvalue weighted by molar-refractivity contribution is 0.197. The normalized spacial score (nSPS) is 14.4. The molecule has 0 fully saturated rings. The van der Waals surface area contributed by atoms with Crippen molar-refractivity contribution in [3.8, 4) is 0 Å². The second-order valence-electron chi connectivity index (χ2n) is 4.33. The average molecular weight is 351 g/mol. The molecule has 0 atom stereocenters. The summed E-state index contributed by atoms with van der Waals surface area (Å²) in [6, 6.07) is 14.3. The third-order valence-electron chi connectivity index (χ3n) is 2.88. The van der Waals surface area contributed by atoms with Crippen LogP contribution in [-0.2, 0) is 9.68 Å². The first kappa shape index (κ1) is 15.0. The summed E-state index contributed by atoms with van der Waals surface area (Å²) in [6.07, 6.45) is 0. The predicted molar refractivity (Wildman–Crippen MR) is 90.7 cm³/mol. The van der Waals surface area contributed by atoms with Crippen LogP contribution in [0.2, 0.25) is 10.0 Å². The van der Waals surface area contributed by atoms with E-state index < -0.39 is 0 Å². The van der Waals surface area contributed by atoms with Crippen LogP contribution in [0, 0.1) is 0 Å². The summed E-state index contributed by atoms with van der Waals surface area (Å²) in [5, 5.41) is 9.13. The zero-order valence-electron chi connectivity index (χ0n) is 11.0. The summed E-state index contributed by atoms with van der Waals surface area (Å²) in [5.74, 6) is 0. The van der Waals surface area contributed by atoms with Crippen molar-refractivity contribution in [1.29, 1.82) is 0 Å². The van der Waals surface area contributed by atoms with E-state index in [0.29, 0.717) is 21.5 Å². The van der Waals surface area contributed by atoms with E-state index in [9.17, 15) is 0 Å². The molecule has 2 aromatic carbocycles. The molecule has 3 rings (SSSR count). The first-order valence-corrected chi connectivity index (χ1v) is 7.36. The molecular formula is C15H8Cl2N2O2S. The molecule has 7 heteroatoms. The third-order valence-corrected chi connectivity index (χ3v) is 3.54. The van der Waals surface area contributed by atoms with Crippen molar-refractivity contribution >= 4 is 52.1 Å². The van der Waals surface area contributed by atoms with Crippen LogP contribution in [0.4, 0.5) is 0 Å². The summed E-state index contributed by atoms with van der Waals surface area (Å²) in [5.41, 5.74) is 2.51. The number of benzene rings is 2. The standard InChI is InChI=1S/C15H8Cl2N2O2S/c16-11-5-1-9(2-6-11)13-14(19-21-15(22)20-18-13)10-3-7-12(17)8-4-10/h1-8H. The van der Waals surface area contributed by atoms with Crippen LogP contribution in [-0.4, -0.2) is 16.7 Å². The van der Waals surface area contributed by atoms with Crippen LogP contribution in [0.3, 0.4) is 0 Å². The van der Waals surface area contributed by atoms with Gasteiger partial charge >= 0.3 is 5.24 Å². The highest BCUT2D eigenvalue weighted by molar-refractivity contribution is 7.79. The summed E-state index contributed by atoms with van der Waals surface area (Å²) in [4.78, 5) is 10.00. The van der Waals surface area contributed by atoms with Crippen molar-refractivity contribution in [2.45, 2.75) is 0 Å². The fourth-order valence-corrected chi connectivity index (χ4v) is 2.19. The quantitative estimate of drug-likeness (QED) is 0.752. The molecule has 2 aromatic rings. The van der Waals surface area contributed by atoms with Crippen LogP contribution in [0.1, 0.15) is 11.1 Å². The smallest absolute Gasteiger partial charge is 0.303 e. The number of halogens is 2. The lowest BCUT2D eigenvalue weighted by Crippen LogP contribution is -2.16. The Bertz CT molecular complexity index is 706. The highest BCUT2D eigenvalue weighted by Crippen LogP contribution is 2.18. The third kappa shape index (κ3) is 3.27. The number of rotatable bonds is 2. The van der Waals surface area contributed by atoms with E-state index >= 15 is 0 Å². The maximum absolute atomic E-state index is 5.92. The van der Waals surface area contributed by atoms with E-state index in [1.54, 1.807) is 24.3 Å². The lowest BCUT2D eigenvalue weighted by atomic mass is 10.00. The van der Waals surface area contributed by atoms with Gasteiger partial charge in [-0.05, 0) is 24.3 Å². The van der Waals surface area contributed by atoms with Crippen molar-refractivity contribution in [1.82, 2.24) is 0 Å². The molecule has 22 heavy (non-hydrogen) atoms. The number of nitrogens with zero attached hydrogens (tertiary/aromatic N) is 2. The maximum atomic E-state index is 5.92. The Morgan fingerprint density at radius 2 is 1.05 bits per heavy atom. The molecule has 4 nitrogen and oxygen atoms in total. The summed E-state index contributed by atoms with van der Waals surface area (Å²) in [7, 11) is 0. The minimum Gasteiger partial charge on any atom is -0.303 e. The van der Waals surface area contributed by atoms with Gasteiger partial charge in [0.25, 0.3) is 0 Å². The van der Waals surface area contributed by atoms with E-state index in [1.165, 1.54) is 0 Å². The van der Waals surface area contributed by atoms with Gasteiger partial charge in [-0.3, -0.25) is 0 Å². The van der Waals surface area contributed by atoms with E-state index in [0.717, 1.165) is 11.1 Å². The van der Waals surface area contributed by atoms with Crippen molar-refractivity contribution in [3.63, 3.8) is 0 Å². The predicted octanol–water partition coefficient (Wildman–Crippen LogP) is 4.43. The monoisotopic (exact) mass is 350 g/mol. The van der Waals surface area contributed by atoms with E-state index in [2.05, 4.69) is 10.3 Å². The van der Waals surface area contributed by atoms with Gasteiger partial charge in [0, 0.05) is 33.4 Å². The fourth-order valence-electron chi connectivity index (χ4n) is 1.86. The van der Waals surface area contributed by atoms with Gasteiger partial charge in [0.2, 0.25) is 0 Å².